The molecular weight excluding hydrogens is 422 g/mol. The smallest absolute Gasteiger partial charge is 0.312 e. The van der Waals surface area contributed by atoms with E-state index in [0.29, 0.717) is 25.7 Å². The maximum atomic E-state index is 12.3. The van der Waals surface area contributed by atoms with Crippen LogP contribution in [0.5, 0.6) is 0 Å². The minimum Gasteiger partial charge on any atom is -0.394 e. The Morgan fingerprint density at radius 3 is 2.22 bits per heavy atom. The van der Waals surface area contributed by atoms with Crippen LogP contribution in [-0.4, -0.2) is 77.2 Å². The summed E-state index contributed by atoms with van der Waals surface area (Å²) in [6.07, 6.45) is 4.78. The average molecular weight is 453 g/mol. The van der Waals surface area contributed by atoms with Crippen LogP contribution in [0.4, 0.5) is 4.79 Å². The molecule has 0 spiro atoms. The van der Waals surface area contributed by atoms with Gasteiger partial charge in [-0.1, -0.05) is 6.42 Å². The van der Waals surface area contributed by atoms with Gasteiger partial charge in [-0.25, -0.2) is 4.79 Å². The molecule has 0 aromatic rings. The standard InChI is InChI=1S/C20H31N5O7/c1-13(27)14(6-5-10-22-20(21)32)24-19(31)15(12-26)23-16(28)7-3-2-4-11-25-17(29)8-9-18(25)30/h8-9,14-15,26H,2-7,10-12H2,1H3,(H,23,28)(H,24,31)(H3,21,22,32)/t14-,15-/m0/s1. The Bertz CT molecular complexity index is 735. The van der Waals surface area contributed by atoms with E-state index in [0.717, 1.165) is 4.90 Å². The number of aliphatic hydroxyl groups excluding tert-OH is 1. The van der Waals surface area contributed by atoms with Crippen LogP contribution in [0.2, 0.25) is 0 Å². The summed E-state index contributed by atoms with van der Waals surface area (Å²) in [4.78, 5) is 70.9. The van der Waals surface area contributed by atoms with Crippen molar-refractivity contribution in [1.82, 2.24) is 20.9 Å². The maximum absolute atomic E-state index is 12.3. The number of unbranched alkanes of at least 4 members (excludes halogenated alkanes) is 2. The van der Waals surface area contributed by atoms with Gasteiger partial charge >= 0.3 is 6.03 Å². The number of aliphatic hydroxyl groups is 1. The van der Waals surface area contributed by atoms with E-state index in [9.17, 15) is 33.9 Å². The van der Waals surface area contributed by atoms with Gasteiger partial charge in [-0.3, -0.25) is 28.9 Å². The molecule has 32 heavy (non-hydrogen) atoms. The first-order valence-corrected chi connectivity index (χ1v) is 10.4. The van der Waals surface area contributed by atoms with Crippen LogP contribution in [0.15, 0.2) is 12.2 Å². The Morgan fingerprint density at radius 1 is 1.00 bits per heavy atom. The molecule has 12 heteroatoms. The number of Topliss-reactive ketones (excluding diaryl/α,β-unsaturated/α-hetero) is 1. The van der Waals surface area contributed by atoms with Gasteiger partial charge in [-0.15, -0.1) is 0 Å². The summed E-state index contributed by atoms with van der Waals surface area (Å²) in [6.45, 7) is 1.18. The fraction of sp³-hybridized carbons (Fsp3) is 0.600. The van der Waals surface area contributed by atoms with Crippen LogP contribution in [0.1, 0.15) is 45.4 Å². The number of urea groups is 1. The second-order valence-electron chi connectivity index (χ2n) is 7.38. The van der Waals surface area contributed by atoms with Crippen molar-refractivity contribution in [3.63, 3.8) is 0 Å². The molecule has 2 atom stereocenters. The second kappa shape index (κ2) is 13.9. The summed E-state index contributed by atoms with van der Waals surface area (Å²) < 4.78 is 0. The number of hydrogen-bond acceptors (Lipinski definition) is 7. The first kappa shape index (κ1) is 26.8. The summed E-state index contributed by atoms with van der Waals surface area (Å²) in [6, 6.07) is -2.72. The Kier molecular flexibility index (Phi) is 11.6. The Hall–Kier alpha value is -3.28. The molecule has 1 aliphatic rings. The van der Waals surface area contributed by atoms with Crippen molar-refractivity contribution in [3.05, 3.63) is 12.2 Å². The zero-order chi connectivity index (χ0) is 24.1. The van der Waals surface area contributed by atoms with Crippen molar-refractivity contribution in [1.29, 1.82) is 0 Å². The highest BCUT2D eigenvalue weighted by molar-refractivity contribution is 6.12. The van der Waals surface area contributed by atoms with Gasteiger partial charge in [0.1, 0.15) is 6.04 Å². The highest BCUT2D eigenvalue weighted by atomic mass is 16.3. The molecule has 6 amide bonds. The van der Waals surface area contributed by atoms with E-state index in [1.54, 1.807) is 0 Å². The fourth-order valence-electron chi connectivity index (χ4n) is 3.01. The predicted octanol–water partition coefficient (Wildman–Crippen LogP) is -1.53. The molecule has 1 heterocycles. The number of ketones is 1. The van der Waals surface area contributed by atoms with Gasteiger partial charge in [0.15, 0.2) is 5.78 Å². The molecule has 1 aliphatic heterocycles. The van der Waals surface area contributed by atoms with E-state index in [1.165, 1.54) is 19.1 Å². The van der Waals surface area contributed by atoms with Crippen LogP contribution in [0.3, 0.4) is 0 Å². The molecule has 0 aromatic carbocycles. The number of carbonyl (C=O) groups is 6. The molecule has 0 unspecified atom stereocenters. The fourth-order valence-corrected chi connectivity index (χ4v) is 3.01. The van der Waals surface area contributed by atoms with E-state index in [4.69, 9.17) is 5.73 Å². The maximum Gasteiger partial charge on any atom is 0.312 e. The largest absolute Gasteiger partial charge is 0.394 e. The van der Waals surface area contributed by atoms with E-state index in [2.05, 4.69) is 16.0 Å². The molecular formula is C20H31N5O7. The number of nitrogens with one attached hydrogen (secondary N) is 3. The summed E-state index contributed by atoms with van der Waals surface area (Å²) in [5, 5.41) is 16.8. The zero-order valence-electron chi connectivity index (χ0n) is 18.1. The van der Waals surface area contributed by atoms with Crippen LogP contribution in [0.25, 0.3) is 0 Å². The van der Waals surface area contributed by atoms with Crippen LogP contribution < -0.4 is 21.7 Å². The molecule has 0 saturated carbocycles. The van der Waals surface area contributed by atoms with Crippen molar-refractivity contribution >= 4 is 35.4 Å². The number of nitrogens with two attached hydrogens (primary N) is 1. The third kappa shape index (κ3) is 9.69. The molecule has 0 radical (unpaired) electrons. The zero-order valence-corrected chi connectivity index (χ0v) is 18.1. The molecule has 6 N–H and O–H groups in total. The quantitative estimate of drug-likeness (QED) is 0.147. The Balaban J connectivity index is 2.34. The van der Waals surface area contributed by atoms with Gasteiger partial charge in [-0.05, 0) is 32.6 Å². The summed E-state index contributed by atoms with van der Waals surface area (Å²) in [5.41, 5.74) is 4.96. The molecule has 178 valence electrons. The monoisotopic (exact) mass is 453 g/mol. The van der Waals surface area contributed by atoms with Crippen molar-refractivity contribution < 1.29 is 33.9 Å². The summed E-state index contributed by atoms with van der Waals surface area (Å²) >= 11 is 0. The minimum atomic E-state index is -1.21. The molecule has 0 bridgehead atoms. The van der Waals surface area contributed by atoms with Gasteiger partial charge in [0.2, 0.25) is 11.8 Å². The van der Waals surface area contributed by atoms with Crippen LogP contribution >= 0.6 is 0 Å². The normalized spacial score (nSPS) is 14.8. The highest BCUT2D eigenvalue weighted by Gasteiger charge is 2.25. The van der Waals surface area contributed by atoms with Gasteiger partial charge in [0, 0.05) is 31.7 Å². The number of imide groups is 1. The number of rotatable bonds is 15. The van der Waals surface area contributed by atoms with Gasteiger partial charge < -0.3 is 26.8 Å². The molecule has 0 fully saturated rings. The topological polar surface area (TPSA) is 188 Å². The number of carbonyl (C=O) groups excluding carboxylic acids is 6. The third-order valence-electron chi connectivity index (χ3n) is 4.80. The van der Waals surface area contributed by atoms with Crippen LogP contribution in [0, 0.1) is 0 Å². The second-order valence-corrected chi connectivity index (χ2v) is 7.38. The molecule has 0 aromatic heterocycles. The van der Waals surface area contributed by atoms with Crippen molar-refractivity contribution in [2.75, 3.05) is 19.7 Å². The predicted molar refractivity (Wildman–Crippen MR) is 113 cm³/mol. The number of nitrogens with zero attached hydrogens (tertiary/aromatic N) is 1. The van der Waals surface area contributed by atoms with Crippen LogP contribution in [-0.2, 0) is 24.0 Å². The molecule has 0 aliphatic carbocycles. The Labute approximate surface area is 185 Å². The van der Waals surface area contributed by atoms with E-state index < -0.39 is 36.5 Å². The number of hydrogen-bond donors (Lipinski definition) is 5. The van der Waals surface area contributed by atoms with E-state index >= 15 is 0 Å². The van der Waals surface area contributed by atoms with E-state index in [-0.39, 0.29) is 43.5 Å². The Morgan fingerprint density at radius 2 is 1.66 bits per heavy atom. The lowest BCUT2D eigenvalue weighted by molar-refractivity contribution is -0.137. The SMILES string of the molecule is CC(=O)[C@H](CCCNC(N)=O)NC(=O)[C@H](CO)NC(=O)CCCCCN1C(=O)C=CC1=O. The van der Waals surface area contributed by atoms with Crippen molar-refractivity contribution in [2.24, 2.45) is 5.73 Å². The highest BCUT2D eigenvalue weighted by Crippen LogP contribution is 2.08. The van der Waals surface area contributed by atoms with Crippen molar-refractivity contribution in [2.45, 2.75) is 57.5 Å². The molecule has 0 saturated heterocycles. The first-order chi connectivity index (χ1) is 15.1. The average Bonchev–Trinajstić information content (AvgIpc) is 3.05. The lowest BCUT2D eigenvalue weighted by Gasteiger charge is -2.21. The summed E-state index contributed by atoms with van der Waals surface area (Å²) in [5.74, 6) is -2.14. The van der Waals surface area contributed by atoms with Gasteiger partial charge in [-0.2, -0.15) is 0 Å². The first-order valence-electron chi connectivity index (χ1n) is 10.4. The lowest BCUT2D eigenvalue weighted by atomic mass is 10.1. The lowest BCUT2D eigenvalue weighted by Crippen LogP contribution is -2.53. The van der Waals surface area contributed by atoms with Gasteiger partial charge in [0.25, 0.3) is 11.8 Å². The van der Waals surface area contributed by atoms with Gasteiger partial charge in [0.05, 0.1) is 12.6 Å². The number of amides is 6. The number of primary amides is 1. The summed E-state index contributed by atoms with van der Waals surface area (Å²) in [7, 11) is 0. The van der Waals surface area contributed by atoms with Crippen molar-refractivity contribution in [3.8, 4) is 0 Å². The minimum absolute atomic E-state index is 0.0961. The third-order valence-corrected chi connectivity index (χ3v) is 4.80. The molecule has 1 rings (SSSR count). The van der Waals surface area contributed by atoms with E-state index in [1.807, 2.05) is 0 Å². The molecule has 12 nitrogen and oxygen atoms in total.